The molecule has 4 aromatic rings. The number of aromatic nitrogens is 1. The minimum atomic E-state index is -3.41. The molecule has 2 aromatic heterocycles. The van der Waals surface area contributed by atoms with Gasteiger partial charge in [-0.2, -0.15) is 0 Å². The van der Waals surface area contributed by atoms with Gasteiger partial charge in [-0.25, -0.2) is 8.42 Å². The van der Waals surface area contributed by atoms with Gasteiger partial charge in [-0.1, -0.05) is 23.7 Å². The second kappa shape index (κ2) is 9.81. The second-order valence-corrected chi connectivity index (χ2v) is 11.6. The molecule has 2 N–H and O–H groups in total. The van der Waals surface area contributed by atoms with Crippen molar-refractivity contribution in [2.24, 2.45) is 0 Å². The van der Waals surface area contributed by atoms with Crippen LogP contribution in [0.15, 0.2) is 77.3 Å². The molecular weight excluding hydrogens is 528 g/mol. The van der Waals surface area contributed by atoms with Crippen LogP contribution < -0.4 is 14.9 Å². The van der Waals surface area contributed by atoms with Crippen LogP contribution in [0.3, 0.4) is 0 Å². The number of hydrogen-bond donors (Lipinski definition) is 2. The van der Waals surface area contributed by atoms with Gasteiger partial charge in [0.05, 0.1) is 23.7 Å². The number of anilines is 2. The summed E-state index contributed by atoms with van der Waals surface area (Å²) >= 11 is 12.1. The fraction of sp³-hybridized carbons (Fsp3) is 0.185. The molecule has 0 saturated carbocycles. The Bertz CT molecular complexity index is 1590. The first kappa shape index (κ1) is 25.3. The number of pyridine rings is 1. The number of hydrogen-bond acceptors (Lipinski definition) is 5. The zero-order chi connectivity index (χ0) is 26.3. The summed E-state index contributed by atoms with van der Waals surface area (Å²) in [4.78, 5) is 6.56. The van der Waals surface area contributed by atoms with Crippen LogP contribution in [0.4, 0.5) is 11.4 Å². The highest BCUT2D eigenvalue weighted by Crippen LogP contribution is 2.43. The Kier molecular flexibility index (Phi) is 6.70. The predicted octanol–water partition coefficient (Wildman–Crippen LogP) is 6.16. The molecule has 190 valence electrons. The van der Waals surface area contributed by atoms with Crippen LogP contribution in [0.1, 0.15) is 34.7 Å². The van der Waals surface area contributed by atoms with Crippen LogP contribution in [-0.4, -0.2) is 24.8 Å². The molecule has 1 aliphatic rings. The van der Waals surface area contributed by atoms with E-state index in [2.05, 4.69) is 15.0 Å². The Balaban J connectivity index is 1.59. The van der Waals surface area contributed by atoms with E-state index in [1.807, 2.05) is 79.4 Å². The summed E-state index contributed by atoms with van der Waals surface area (Å²) in [6.07, 6.45) is 2.88. The molecule has 2 atom stereocenters. The van der Waals surface area contributed by atoms with Crippen molar-refractivity contribution >= 4 is 50.3 Å². The Morgan fingerprint density at radius 3 is 2.57 bits per heavy atom. The lowest BCUT2D eigenvalue weighted by atomic mass is 10.0. The quantitative estimate of drug-likeness (QED) is 0.277. The number of sulfonamides is 1. The van der Waals surface area contributed by atoms with Crippen molar-refractivity contribution in [3.63, 3.8) is 0 Å². The molecule has 1 aliphatic heterocycles. The molecule has 7 nitrogen and oxygen atoms in total. The number of thiocarbonyl (C=S) groups is 1. The molecule has 0 unspecified atom stereocenters. The summed E-state index contributed by atoms with van der Waals surface area (Å²) in [5, 5.41) is 4.56. The van der Waals surface area contributed by atoms with Crippen LogP contribution in [-0.2, 0) is 10.0 Å². The van der Waals surface area contributed by atoms with Crippen molar-refractivity contribution < 1.29 is 12.8 Å². The van der Waals surface area contributed by atoms with Crippen LogP contribution >= 0.6 is 23.8 Å². The van der Waals surface area contributed by atoms with E-state index in [-0.39, 0.29) is 12.1 Å². The molecule has 0 amide bonds. The van der Waals surface area contributed by atoms with Crippen molar-refractivity contribution in [3.8, 4) is 11.3 Å². The average molecular weight is 553 g/mol. The fourth-order valence-electron chi connectivity index (χ4n) is 4.55. The summed E-state index contributed by atoms with van der Waals surface area (Å²) < 4.78 is 32.5. The average Bonchev–Trinajstić information content (AvgIpc) is 3.46. The van der Waals surface area contributed by atoms with Crippen molar-refractivity contribution in [1.82, 2.24) is 10.3 Å². The van der Waals surface area contributed by atoms with Gasteiger partial charge >= 0.3 is 0 Å². The van der Waals surface area contributed by atoms with Crippen molar-refractivity contribution in [2.75, 3.05) is 15.9 Å². The SMILES string of the molecule is Cc1cc(N2C(=S)N[C@H](c3ccccn3)[C@H]2c2ccc(-c3cc(Cl)ccc3C)o2)ccc1NS(C)(=O)=O. The van der Waals surface area contributed by atoms with Crippen molar-refractivity contribution in [3.05, 3.63) is 101 Å². The number of furan rings is 1. The molecule has 5 rings (SSSR count). The minimum absolute atomic E-state index is 0.276. The van der Waals surface area contributed by atoms with Gasteiger partial charge < -0.3 is 14.6 Å². The van der Waals surface area contributed by atoms with Gasteiger partial charge in [-0.3, -0.25) is 9.71 Å². The highest BCUT2D eigenvalue weighted by atomic mass is 35.5. The summed E-state index contributed by atoms with van der Waals surface area (Å²) in [7, 11) is -3.41. The molecule has 1 saturated heterocycles. The first-order valence-electron chi connectivity index (χ1n) is 11.6. The van der Waals surface area contributed by atoms with Gasteiger partial charge in [0, 0.05) is 22.5 Å². The predicted molar refractivity (Wildman–Crippen MR) is 151 cm³/mol. The molecule has 0 aliphatic carbocycles. The van der Waals surface area contributed by atoms with E-state index >= 15 is 0 Å². The van der Waals surface area contributed by atoms with Gasteiger partial charge in [-0.15, -0.1) is 0 Å². The Morgan fingerprint density at radius 2 is 1.86 bits per heavy atom. The molecule has 0 bridgehead atoms. The summed E-state index contributed by atoms with van der Waals surface area (Å²) in [5.41, 5.74) is 4.86. The summed E-state index contributed by atoms with van der Waals surface area (Å²) in [6, 6.07) is 20.2. The maximum absolute atomic E-state index is 11.8. The van der Waals surface area contributed by atoms with Crippen LogP contribution in [0.2, 0.25) is 5.02 Å². The normalized spacial score (nSPS) is 17.6. The molecule has 3 heterocycles. The van der Waals surface area contributed by atoms with Crippen LogP contribution in [0, 0.1) is 13.8 Å². The van der Waals surface area contributed by atoms with Gasteiger partial charge in [0.25, 0.3) is 0 Å². The monoisotopic (exact) mass is 552 g/mol. The lowest BCUT2D eigenvalue weighted by Gasteiger charge is -2.27. The smallest absolute Gasteiger partial charge is 0.229 e. The van der Waals surface area contributed by atoms with E-state index in [1.165, 1.54) is 0 Å². The fourth-order valence-corrected chi connectivity index (χ4v) is 5.70. The molecule has 2 aromatic carbocycles. The zero-order valence-corrected chi connectivity index (χ0v) is 22.8. The topological polar surface area (TPSA) is 87.5 Å². The number of aryl methyl sites for hydroxylation is 2. The first-order chi connectivity index (χ1) is 17.6. The zero-order valence-electron chi connectivity index (χ0n) is 20.4. The third-order valence-corrected chi connectivity index (χ3v) is 7.41. The molecular formula is C27H25ClN4O3S2. The highest BCUT2D eigenvalue weighted by Gasteiger charge is 2.42. The van der Waals surface area contributed by atoms with Crippen molar-refractivity contribution in [1.29, 1.82) is 0 Å². The molecule has 0 radical (unpaired) electrons. The van der Waals surface area contributed by atoms with E-state index in [1.54, 1.807) is 12.3 Å². The highest BCUT2D eigenvalue weighted by molar-refractivity contribution is 7.92. The Morgan fingerprint density at radius 1 is 1.05 bits per heavy atom. The summed E-state index contributed by atoms with van der Waals surface area (Å²) in [5.74, 6) is 1.41. The lowest BCUT2D eigenvalue weighted by Crippen LogP contribution is -2.29. The number of nitrogens with one attached hydrogen (secondary N) is 2. The second-order valence-electron chi connectivity index (χ2n) is 9.03. The molecule has 10 heteroatoms. The maximum Gasteiger partial charge on any atom is 0.229 e. The third-order valence-electron chi connectivity index (χ3n) is 6.26. The van der Waals surface area contributed by atoms with Gasteiger partial charge in [0.1, 0.15) is 17.6 Å². The van der Waals surface area contributed by atoms with E-state index in [0.29, 0.717) is 27.3 Å². The van der Waals surface area contributed by atoms with Gasteiger partial charge in [-0.05, 0) is 91.8 Å². The van der Waals surface area contributed by atoms with Gasteiger partial charge in [0.2, 0.25) is 10.0 Å². The Labute approximate surface area is 226 Å². The minimum Gasteiger partial charge on any atom is -0.459 e. The molecule has 0 spiro atoms. The Hall–Kier alpha value is -3.40. The molecule has 1 fully saturated rings. The first-order valence-corrected chi connectivity index (χ1v) is 14.2. The van der Waals surface area contributed by atoms with Crippen molar-refractivity contribution in [2.45, 2.75) is 25.9 Å². The third kappa shape index (κ3) is 5.20. The lowest BCUT2D eigenvalue weighted by molar-refractivity contribution is 0.439. The van der Waals surface area contributed by atoms with E-state index < -0.39 is 10.0 Å². The number of benzene rings is 2. The van der Waals surface area contributed by atoms with Crippen LogP contribution in [0.5, 0.6) is 0 Å². The molecule has 37 heavy (non-hydrogen) atoms. The van der Waals surface area contributed by atoms with E-state index in [0.717, 1.165) is 34.3 Å². The van der Waals surface area contributed by atoms with E-state index in [4.69, 9.17) is 28.2 Å². The largest absolute Gasteiger partial charge is 0.459 e. The van der Waals surface area contributed by atoms with Gasteiger partial charge in [0.15, 0.2) is 5.11 Å². The van der Waals surface area contributed by atoms with Crippen LogP contribution in [0.25, 0.3) is 11.3 Å². The van der Waals surface area contributed by atoms with E-state index in [9.17, 15) is 8.42 Å². The number of nitrogens with zero attached hydrogens (tertiary/aromatic N) is 2. The number of halogens is 1. The number of rotatable bonds is 6. The summed E-state index contributed by atoms with van der Waals surface area (Å²) in [6.45, 7) is 3.86. The standard InChI is InChI=1S/C27H25ClN4O3S2/c1-16-7-8-18(28)15-20(16)23-11-12-24(35-23)26-25(22-6-4-5-13-29-22)30-27(36)32(26)19-9-10-21(17(2)14-19)31-37(3,33)34/h4-15,25-26,31H,1-3H3,(H,30,36)/t25-,26-/m1/s1. The maximum atomic E-state index is 11.8.